The molecule has 2 rings (SSSR count). The number of hydrogen-bond acceptors (Lipinski definition) is 2. The minimum Gasteiger partial charge on any atom is -0.364 e. The summed E-state index contributed by atoms with van der Waals surface area (Å²) in [5, 5.41) is 8.25. The molecule has 0 fully saturated rings. The van der Waals surface area contributed by atoms with Crippen molar-refractivity contribution in [2.75, 3.05) is 5.32 Å². The summed E-state index contributed by atoms with van der Waals surface area (Å²) in [4.78, 5) is 0. The second kappa shape index (κ2) is 4.58. The fraction of sp³-hybridized carbons (Fsp3) is 0.250. The molecule has 3 nitrogen and oxygen atoms in total. The molecule has 1 aromatic heterocycles. The van der Waals surface area contributed by atoms with Crippen LogP contribution in [0, 0.1) is 0 Å². The molecule has 1 heterocycles. The minimum atomic E-state index is 0.157. The first kappa shape index (κ1) is 11.0. The van der Waals surface area contributed by atoms with Gasteiger partial charge in [-0.1, -0.05) is 29.8 Å². The van der Waals surface area contributed by atoms with Crippen molar-refractivity contribution in [3.63, 3.8) is 0 Å². The quantitative estimate of drug-likeness (QED) is 0.885. The molecule has 1 unspecified atom stereocenters. The average molecular weight is 236 g/mol. The van der Waals surface area contributed by atoms with Crippen LogP contribution in [0.1, 0.15) is 18.5 Å². The third kappa shape index (κ3) is 2.19. The van der Waals surface area contributed by atoms with Gasteiger partial charge in [0.1, 0.15) is 5.82 Å². The van der Waals surface area contributed by atoms with Crippen LogP contribution in [0.4, 0.5) is 5.82 Å². The molecule has 4 heteroatoms. The highest BCUT2D eigenvalue weighted by Crippen LogP contribution is 2.25. The molecule has 16 heavy (non-hydrogen) atoms. The lowest BCUT2D eigenvalue weighted by molar-refractivity contribution is 0.751. The van der Waals surface area contributed by atoms with E-state index in [-0.39, 0.29) is 6.04 Å². The molecule has 0 saturated heterocycles. The van der Waals surface area contributed by atoms with E-state index in [1.807, 2.05) is 37.4 Å². The van der Waals surface area contributed by atoms with Crippen molar-refractivity contribution >= 4 is 17.4 Å². The van der Waals surface area contributed by atoms with Crippen LogP contribution in [-0.2, 0) is 7.05 Å². The number of nitrogens with zero attached hydrogens (tertiary/aromatic N) is 2. The Morgan fingerprint density at radius 2 is 2.06 bits per heavy atom. The van der Waals surface area contributed by atoms with Gasteiger partial charge in [0.25, 0.3) is 0 Å². The van der Waals surface area contributed by atoms with Gasteiger partial charge in [0, 0.05) is 18.1 Å². The van der Waals surface area contributed by atoms with Crippen molar-refractivity contribution in [3.8, 4) is 0 Å². The third-order valence-electron chi connectivity index (χ3n) is 2.56. The van der Waals surface area contributed by atoms with Gasteiger partial charge < -0.3 is 5.32 Å². The molecular formula is C12H14ClN3. The number of aryl methyl sites for hydroxylation is 1. The highest BCUT2D eigenvalue weighted by molar-refractivity contribution is 6.31. The number of halogens is 1. The zero-order valence-electron chi connectivity index (χ0n) is 9.31. The monoisotopic (exact) mass is 235 g/mol. The third-order valence-corrected chi connectivity index (χ3v) is 2.90. The van der Waals surface area contributed by atoms with Crippen LogP contribution in [0.25, 0.3) is 0 Å². The highest BCUT2D eigenvalue weighted by atomic mass is 35.5. The molecule has 0 aliphatic rings. The lowest BCUT2D eigenvalue weighted by Gasteiger charge is -2.16. The number of anilines is 1. The standard InChI is InChI=1S/C12H14ClN3/c1-9(10-5-3-4-6-11(10)13)15-12-7-8-14-16(12)2/h3-9,15H,1-2H3. The van der Waals surface area contributed by atoms with Crippen LogP contribution in [0.3, 0.4) is 0 Å². The van der Waals surface area contributed by atoms with E-state index in [0.717, 1.165) is 16.4 Å². The van der Waals surface area contributed by atoms with Gasteiger partial charge in [0.2, 0.25) is 0 Å². The SMILES string of the molecule is CC(Nc1ccnn1C)c1ccccc1Cl. The summed E-state index contributed by atoms with van der Waals surface area (Å²) in [5.74, 6) is 0.979. The Morgan fingerprint density at radius 3 is 2.69 bits per heavy atom. The summed E-state index contributed by atoms with van der Waals surface area (Å²) in [6.45, 7) is 2.08. The van der Waals surface area contributed by atoms with Crippen LogP contribution < -0.4 is 5.32 Å². The first-order valence-corrected chi connectivity index (χ1v) is 5.55. The molecule has 84 valence electrons. The minimum absolute atomic E-state index is 0.157. The average Bonchev–Trinajstić information content (AvgIpc) is 2.65. The molecule has 0 amide bonds. The fourth-order valence-corrected chi connectivity index (χ4v) is 1.94. The largest absolute Gasteiger partial charge is 0.364 e. The molecule has 2 aromatic rings. The van der Waals surface area contributed by atoms with Crippen molar-refractivity contribution in [3.05, 3.63) is 47.1 Å². The zero-order chi connectivity index (χ0) is 11.5. The number of benzene rings is 1. The summed E-state index contributed by atoms with van der Waals surface area (Å²) >= 11 is 6.14. The molecule has 0 radical (unpaired) electrons. The van der Waals surface area contributed by atoms with Crippen molar-refractivity contribution in [2.45, 2.75) is 13.0 Å². The van der Waals surface area contributed by atoms with Crippen LogP contribution in [0.2, 0.25) is 5.02 Å². The predicted octanol–water partition coefficient (Wildman–Crippen LogP) is 3.25. The van der Waals surface area contributed by atoms with Gasteiger partial charge in [-0.15, -0.1) is 0 Å². The summed E-state index contributed by atoms with van der Waals surface area (Å²) in [6, 6.07) is 9.94. The van der Waals surface area contributed by atoms with Gasteiger partial charge in [0.05, 0.1) is 12.2 Å². The molecule has 1 aromatic carbocycles. The Balaban J connectivity index is 2.18. The Kier molecular flexibility index (Phi) is 3.15. The van der Waals surface area contributed by atoms with E-state index in [9.17, 15) is 0 Å². The first-order valence-electron chi connectivity index (χ1n) is 5.17. The Morgan fingerprint density at radius 1 is 1.31 bits per heavy atom. The predicted molar refractivity (Wildman–Crippen MR) is 66.7 cm³/mol. The van der Waals surface area contributed by atoms with Gasteiger partial charge in [-0.2, -0.15) is 5.10 Å². The van der Waals surface area contributed by atoms with Crippen molar-refractivity contribution in [2.24, 2.45) is 7.05 Å². The summed E-state index contributed by atoms with van der Waals surface area (Å²) < 4.78 is 1.80. The molecule has 0 bridgehead atoms. The van der Waals surface area contributed by atoms with E-state index in [1.165, 1.54) is 0 Å². The van der Waals surface area contributed by atoms with Crippen LogP contribution in [-0.4, -0.2) is 9.78 Å². The van der Waals surface area contributed by atoms with E-state index in [0.29, 0.717) is 0 Å². The van der Waals surface area contributed by atoms with Crippen molar-refractivity contribution < 1.29 is 0 Å². The van der Waals surface area contributed by atoms with Gasteiger partial charge in [-0.05, 0) is 18.6 Å². The lowest BCUT2D eigenvalue weighted by atomic mass is 10.1. The van der Waals surface area contributed by atoms with Gasteiger partial charge in [0.15, 0.2) is 0 Å². The van der Waals surface area contributed by atoms with Crippen LogP contribution in [0.5, 0.6) is 0 Å². The number of rotatable bonds is 3. The fourth-order valence-electron chi connectivity index (χ4n) is 1.64. The van der Waals surface area contributed by atoms with E-state index < -0.39 is 0 Å². The van der Waals surface area contributed by atoms with Gasteiger partial charge >= 0.3 is 0 Å². The van der Waals surface area contributed by atoms with Crippen LogP contribution >= 0.6 is 11.6 Å². The van der Waals surface area contributed by atoms with Crippen LogP contribution in [0.15, 0.2) is 36.5 Å². The Hall–Kier alpha value is -1.48. The second-order valence-corrected chi connectivity index (χ2v) is 4.13. The van der Waals surface area contributed by atoms with E-state index in [2.05, 4.69) is 17.3 Å². The molecule has 1 N–H and O–H groups in total. The van der Waals surface area contributed by atoms with Crippen molar-refractivity contribution in [1.82, 2.24) is 9.78 Å². The maximum atomic E-state index is 6.14. The van der Waals surface area contributed by atoms with E-state index >= 15 is 0 Å². The lowest BCUT2D eigenvalue weighted by Crippen LogP contribution is -2.10. The smallest absolute Gasteiger partial charge is 0.124 e. The number of hydrogen-bond donors (Lipinski definition) is 1. The molecule has 1 atom stereocenters. The summed E-state index contributed by atoms with van der Waals surface area (Å²) in [7, 11) is 1.90. The number of aromatic nitrogens is 2. The molecule has 0 aliphatic carbocycles. The highest BCUT2D eigenvalue weighted by Gasteiger charge is 2.09. The second-order valence-electron chi connectivity index (χ2n) is 3.73. The first-order chi connectivity index (χ1) is 7.68. The summed E-state index contributed by atoms with van der Waals surface area (Å²) in [6.07, 6.45) is 1.77. The number of nitrogens with one attached hydrogen (secondary N) is 1. The molecule has 0 aliphatic heterocycles. The molecule has 0 spiro atoms. The summed E-state index contributed by atoms with van der Waals surface area (Å²) in [5.41, 5.74) is 1.09. The maximum Gasteiger partial charge on any atom is 0.124 e. The van der Waals surface area contributed by atoms with Gasteiger partial charge in [-0.3, -0.25) is 4.68 Å². The molecular weight excluding hydrogens is 222 g/mol. The topological polar surface area (TPSA) is 29.9 Å². The van der Waals surface area contributed by atoms with Crippen molar-refractivity contribution in [1.29, 1.82) is 0 Å². The van der Waals surface area contributed by atoms with Gasteiger partial charge in [-0.25, -0.2) is 0 Å². The Labute approximate surface area is 100 Å². The maximum absolute atomic E-state index is 6.14. The molecule has 0 saturated carbocycles. The Bertz CT molecular complexity index is 479. The normalized spacial score (nSPS) is 12.4. The van der Waals surface area contributed by atoms with E-state index in [1.54, 1.807) is 10.9 Å². The van der Waals surface area contributed by atoms with E-state index in [4.69, 9.17) is 11.6 Å². The zero-order valence-corrected chi connectivity index (χ0v) is 10.1.